The summed E-state index contributed by atoms with van der Waals surface area (Å²) < 4.78 is 28.3. The van der Waals surface area contributed by atoms with E-state index in [1.807, 2.05) is 0 Å². The zero-order valence-corrected chi connectivity index (χ0v) is 14.4. The molecule has 1 fully saturated rings. The third-order valence-corrected chi connectivity index (χ3v) is 6.92. The van der Waals surface area contributed by atoms with Gasteiger partial charge in [-0.15, -0.1) is 0 Å². The van der Waals surface area contributed by atoms with Crippen molar-refractivity contribution in [1.29, 1.82) is 0 Å². The van der Waals surface area contributed by atoms with Gasteiger partial charge in [0.15, 0.2) is 0 Å². The fourth-order valence-corrected chi connectivity index (χ4v) is 5.15. The molecule has 1 saturated carbocycles. The summed E-state index contributed by atoms with van der Waals surface area (Å²) >= 11 is 0. The van der Waals surface area contributed by atoms with Crippen LogP contribution in [0.2, 0.25) is 0 Å². The van der Waals surface area contributed by atoms with Crippen molar-refractivity contribution in [1.82, 2.24) is 4.72 Å². The summed E-state index contributed by atoms with van der Waals surface area (Å²) in [5.41, 5.74) is 4.55. The minimum atomic E-state index is -3.54. The predicted molar refractivity (Wildman–Crippen MR) is 85.4 cm³/mol. The van der Waals surface area contributed by atoms with E-state index in [-0.39, 0.29) is 16.9 Å². The molecule has 5 nitrogen and oxygen atoms in total. The topological polar surface area (TPSA) is 84.2 Å². The van der Waals surface area contributed by atoms with Gasteiger partial charge in [-0.3, -0.25) is 5.84 Å². The van der Waals surface area contributed by atoms with Crippen LogP contribution in [0.4, 0.5) is 5.69 Å². The summed E-state index contributed by atoms with van der Waals surface area (Å²) in [6.07, 6.45) is 0. The summed E-state index contributed by atoms with van der Waals surface area (Å²) in [6.45, 7) is 11.9. The smallest absolute Gasteiger partial charge is 0.241 e. The van der Waals surface area contributed by atoms with E-state index in [0.29, 0.717) is 21.7 Å². The van der Waals surface area contributed by atoms with Crippen molar-refractivity contribution >= 4 is 15.7 Å². The lowest BCUT2D eigenvalue weighted by atomic mass is 10.0. The van der Waals surface area contributed by atoms with E-state index in [9.17, 15) is 8.42 Å². The van der Waals surface area contributed by atoms with Crippen LogP contribution in [-0.4, -0.2) is 14.5 Å². The van der Waals surface area contributed by atoms with Crippen LogP contribution in [0.15, 0.2) is 17.0 Å². The highest BCUT2D eigenvalue weighted by atomic mass is 32.2. The van der Waals surface area contributed by atoms with Crippen LogP contribution in [0, 0.1) is 24.7 Å². The lowest BCUT2D eigenvalue weighted by Gasteiger charge is -2.15. The molecule has 21 heavy (non-hydrogen) atoms. The van der Waals surface area contributed by atoms with Crippen LogP contribution in [0.1, 0.15) is 38.8 Å². The third-order valence-electron chi connectivity index (χ3n) is 5.19. The van der Waals surface area contributed by atoms with Gasteiger partial charge in [-0.2, -0.15) is 0 Å². The molecule has 1 aliphatic carbocycles. The lowest BCUT2D eigenvalue weighted by molar-refractivity contribution is 0.457. The molecule has 118 valence electrons. The van der Waals surface area contributed by atoms with E-state index in [2.05, 4.69) is 37.8 Å². The summed E-state index contributed by atoms with van der Waals surface area (Å²) in [5.74, 6) is 5.39. The first-order valence-corrected chi connectivity index (χ1v) is 8.53. The number of sulfonamides is 1. The van der Waals surface area contributed by atoms with Crippen LogP contribution >= 0.6 is 0 Å². The van der Waals surface area contributed by atoms with E-state index in [1.165, 1.54) is 0 Å². The molecule has 0 aromatic heterocycles. The molecule has 1 aromatic rings. The summed E-state index contributed by atoms with van der Waals surface area (Å²) in [6, 6.07) is 3.43. The lowest BCUT2D eigenvalue weighted by Crippen LogP contribution is -2.31. The average molecular weight is 311 g/mol. The summed E-state index contributed by atoms with van der Waals surface area (Å²) in [5, 5.41) is 0. The zero-order valence-electron chi connectivity index (χ0n) is 13.5. The van der Waals surface area contributed by atoms with Gasteiger partial charge < -0.3 is 5.43 Å². The highest BCUT2D eigenvalue weighted by Gasteiger charge is 2.66. The van der Waals surface area contributed by atoms with Gasteiger partial charge in [0.2, 0.25) is 10.0 Å². The van der Waals surface area contributed by atoms with Crippen molar-refractivity contribution in [3.05, 3.63) is 23.3 Å². The number of nitrogens with two attached hydrogens (primary N) is 1. The zero-order chi connectivity index (χ0) is 16.2. The molecule has 6 heteroatoms. The molecule has 0 unspecified atom stereocenters. The Labute approximate surface area is 127 Å². The number of hydrogen-bond acceptors (Lipinski definition) is 4. The molecule has 0 bridgehead atoms. The number of nitrogen functional groups attached to an aromatic ring is 1. The van der Waals surface area contributed by atoms with Gasteiger partial charge in [-0.25, -0.2) is 13.1 Å². The number of benzene rings is 1. The van der Waals surface area contributed by atoms with Gasteiger partial charge in [-0.05, 0) is 47.9 Å². The average Bonchev–Trinajstić information content (AvgIpc) is 2.69. The van der Waals surface area contributed by atoms with E-state index >= 15 is 0 Å². The van der Waals surface area contributed by atoms with Gasteiger partial charge in [0.1, 0.15) is 0 Å². The second-order valence-corrected chi connectivity index (χ2v) is 8.73. The molecular weight excluding hydrogens is 286 g/mol. The fourth-order valence-electron chi connectivity index (χ4n) is 3.16. The normalized spacial score (nSPS) is 20.3. The minimum Gasteiger partial charge on any atom is -0.324 e. The monoisotopic (exact) mass is 311 g/mol. The quantitative estimate of drug-likeness (QED) is 0.588. The Morgan fingerprint density at radius 3 is 1.81 bits per heavy atom. The number of rotatable bonds is 4. The van der Waals surface area contributed by atoms with Crippen molar-refractivity contribution in [2.45, 2.75) is 52.5 Å². The van der Waals surface area contributed by atoms with E-state index in [0.717, 1.165) is 0 Å². The molecule has 1 aromatic carbocycles. The van der Waals surface area contributed by atoms with E-state index in [4.69, 9.17) is 5.84 Å². The summed E-state index contributed by atoms with van der Waals surface area (Å²) in [4.78, 5) is 0.347. The Bertz CT molecular complexity index is 641. The first kappa shape index (κ1) is 16.3. The Balaban J connectivity index is 2.39. The van der Waals surface area contributed by atoms with E-state index in [1.54, 1.807) is 26.0 Å². The number of aryl methyl sites for hydroxylation is 2. The number of nitrogens with one attached hydrogen (secondary N) is 2. The highest BCUT2D eigenvalue weighted by molar-refractivity contribution is 7.89. The molecule has 0 radical (unpaired) electrons. The van der Waals surface area contributed by atoms with Crippen molar-refractivity contribution in [3.8, 4) is 0 Å². The largest absolute Gasteiger partial charge is 0.324 e. The molecule has 1 aliphatic rings. The number of hydrazine groups is 1. The fraction of sp³-hybridized carbons (Fsp3) is 0.600. The molecule has 0 saturated heterocycles. The van der Waals surface area contributed by atoms with Gasteiger partial charge in [0.05, 0.1) is 4.90 Å². The molecule has 0 heterocycles. The first-order chi connectivity index (χ1) is 9.45. The maximum atomic E-state index is 12.7. The van der Waals surface area contributed by atoms with Crippen LogP contribution in [-0.2, 0) is 10.0 Å². The van der Waals surface area contributed by atoms with Gasteiger partial charge in [0.25, 0.3) is 0 Å². The Kier molecular flexibility index (Phi) is 3.64. The molecular formula is C15H25N3O2S. The number of hydrogen-bond donors (Lipinski definition) is 3. The number of anilines is 1. The molecule has 0 aliphatic heterocycles. The van der Waals surface area contributed by atoms with Crippen LogP contribution in [0.3, 0.4) is 0 Å². The Morgan fingerprint density at radius 1 is 1.05 bits per heavy atom. The van der Waals surface area contributed by atoms with Crippen molar-refractivity contribution in [2.75, 3.05) is 5.43 Å². The molecule has 4 N–H and O–H groups in total. The van der Waals surface area contributed by atoms with Crippen molar-refractivity contribution in [2.24, 2.45) is 16.7 Å². The molecule has 2 rings (SSSR count). The highest BCUT2D eigenvalue weighted by Crippen LogP contribution is 2.63. The molecule has 0 amide bonds. The third kappa shape index (κ3) is 2.45. The SMILES string of the molecule is Cc1cc(NN)cc(C)c1S(=O)(=O)NC1C(C)(C)C1(C)C. The van der Waals surface area contributed by atoms with Gasteiger partial charge in [0, 0.05) is 11.7 Å². The van der Waals surface area contributed by atoms with Gasteiger partial charge >= 0.3 is 0 Å². The Morgan fingerprint density at radius 2 is 1.48 bits per heavy atom. The second kappa shape index (κ2) is 4.69. The minimum absolute atomic E-state index is 0.0410. The maximum Gasteiger partial charge on any atom is 0.241 e. The van der Waals surface area contributed by atoms with Crippen molar-refractivity contribution in [3.63, 3.8) is 0 Å². The Hall–Kier alpha value is -1.11. The molecule has 0 spiro atoms. The standard InChI is InChI=1S/C15H25N3O2S/c1-9-7-11(17-16)8-10(2)12(9)21(19,20)18-13-14(3,4)15(13,5)6/h7-8,13,17-18H,16H2,1-6H3. The molecule has 0 atom stereocenters. The first-order valence-electron chi connectivity index (χ1n) is 7.05. The summed E-state index contributed by atoms with van der Waals surface area (Å²) in [7, 11) is -3.54. The van der Waals surface area contributed by atoms with Crippen LogP contribution < -0.4 is 16.0 Å². The maximum absolute atomic E-state index is 12.7. The van der Waals surface area contributed by atoms with Crippen LogP contribution in [0.5, 0.6) is 0 Å². The van der Waals surface area contributed by atoms with E-state index < -0.39 is 10.0 Å². The van der Waals surface area contributed by atoms with Gasteiger partial charge in [-0.1, -0.05) is 27.7 Å². The second-order valence-electron chi connectivity index (χ2n) is 7.08. The van der Waals surface area contributed by atoms with Crippen LogP contribution in [0.25, 0.3) is 0 Å². The predicted octanol–water partition coefficient (Wildman–Crippen LogP) is 2.30. The van der Waals surface area contributed by atoms with Crippen molar-refractivity contribution < 1.29 is 8.42 Å².